The first-order chi connectivity index (χ1) is 10.7. The Labute approximate surface area is 156 Å². The Kier molecular flexibility index (Phi) is 4.21. The van der Waals surface area contributed by atoms with Crippen molar-refractivity contribution in [2.45, 2.75) is 6.92 Å². The molecular weight excluding hydrogens is 299 g/mol. The van der Waals surface area contributed by atoms with Gasteiger partial charge in [-0.3, -0.25) is 9.97 Å². The van der Waals surface area contributed by atoms with E-state index in [0.717, 1.165) is 34.0 Å². The summed E-state index contributed by atoms with van der Waals surface area (Å²) in [5.74, 6) is 0.606. The van der Waals surface area contributed by atoms with Crippen molar-refractivity contribution in [2.24, 2.45) is 0 Å². The number of pyridine rings is 2. The monoisotopic (exact) mass is 313 g/mol. The molecule has 0 bridgehead atoms. The third-order valence-corrected chi connectivity index (χ3v) is 3.45. The van der Waals surface area contributed by atoms with Gasteiger partial charge >= 0.3 is 29.6 Å². The largest absolute Gasteiger partial charge is 1.00 e. The van der Waals surface area contributed by atoms with E-state index in [2.05, 4.69) is 32.0 Å². The summed E-state index contributed by atoms with van der Waals surface area (Å²) in [6, 6.07) is 9.80. The van der Waals surface area contributed by atoms with E-state index in [0.29, 0.717) is 5.82 Å². The average Bonchev–Trinajstić information content (AvgIpc) is 3.12. The SMILES string of the molecule is [CH2-]c1nc(-c2ccn3ncnc3c2)c(-c2cccc(C)n2)[nH]1.[H-].[Na+]. The summed E-state index contributed by atoms with van der Waals surface area (Å²) >= 11 is 0. The predicted molar refractivity (Wildman–Crippen MR) is 84.1 cm³/mol. The second-order valence-corrected chi connectivity index (χ2v) is 5.05. The van der Waals surface area contributed by atoms with Crippen LogP contribution in [0.25, 0.3) is 28.3 Å². The van der Waals surface area contributed by atoms with Crippen molar-refractivity contribution in [1.82, 2.24) is 29.5 Å². The first-order valence-electron chi connectivity index (χ1n) is 6.86. The molecule has 0 atom stereocenters. The summed E-state index contributed by atoms with van der Waals surface area (Å²) < 4.78 is 1.71. The summed E-state index contributed by atoms with van der Waals surface area (Å²) in [6.45, 7) is 5.87. The van der Waals surface area contributed by atoms with E-state index < -0.39 is 0 Å². The summed E-state index contributed by atoms with van der Waals surface area (Å²) in [5.41, 5.74) is 5.20. The molecule has 0 saturated heterocycles. The minimum absolute atomic E-state index is 0. The topological polar surface area (TPSA) is 71.8 Å². The number of aryl methyl sites for hydroxylation is 1. The van der Waals surface area contributed by atoms with Crippen molar-refractivity contribution in [3.63, 3.8) is 0 Å². The fourth-order valence-electron chi connectivity index (χ4n) is 2.46. The number of fused-ring (bicyclic) bond motifs is 1. The molecule has 110 valence electrons. The Balaban J connectivity index is 0.00000104. The average molecular weight is 313 g/mol. The number of rotatable bonds is 2. The smallest absolute Gasteiger partial charge is 1.00 e. The van der Waals surface area contributed by atoms with Crippen LogP contribution >= 0.6 is 0 Å². The molecule has 0 aliphatic carbocycles. The fourth-order valence-corrected chi connectivity index (χ4v) is 2.46. The van der Waals surface area contributed by atoms with Gasteiger partial charge in [0.25, 0.3) is 0 Å². The van der Waals surface area contributed by atoms with Crippen LogP contribution in [0.15, 0.2) is 42.9 Å². The van der Waals surface area contributed by atoms with E-state index in [1.165, 1.54) is 6.33 Å². The van der Waals surface area contributed by atoms with Crippen molar-refractivity contribution in [3.8, 4) is 22.6 Å². The zero-order chi connectivity index (χ0) is 15.1. The number of hydrogen-bond acceptors (Lipinski definition) is 4. The zero-order valence-electron chi connectivity index (χ0n) is 14.0. The quantitative estimate of drug-likeness (QED) is 0.410. The Hall–Kier alpha value is -2.15. The van der Waals surface area contributed by atoms with Gasteiger partial charge in [0.05, 0.1) is 17.1 Å². The third-order valence-electron chi connectivity index (χ3n) is 3.45. The predicted octanol–water partition coefficient (Wildman–Crippen LogP) is -0.211. The molecule has 0 aliphatic heterocycles. The molecule has 6 nitrogen and oxygen atoms in total. The van der Waals surface area contributed by atoms with E-state index in [1.54, 1.807) is 4.52 Å². The number of imidazole rings is 1. The van der Waals surface area contributed by atoms with Crippen molar-refractivity contribution in [3.05, 3.63) is 61.3 Å². The normalized spacial score (nSPS) is 10.7. The van der Waals surface area contributed by atoms with Crippen LogP contribution in [0.2, 0.25) is 0 Å². The molecule has 4 heterocycles. The van der Waals surface area contributed by atoms with Crippen molar-refractivity contribution < 1.29 is 31.0 Å². The van der Waals surface area contributed by atoms with Crippen molar-refractivity contribution in [2.75, 3.05) is 0 Å². The van der Waals surface area contributed by atoms with Gasteiger partial charge in [0.2, 0.25) is 0 Å². The van der Waals surface area contributed by atoms with E-state index in [-0.39, 0.29) is 31.0 Å². The van der Waals surface area contributed by atoms with E-state index in [9.17, 15) is 0 Å². The van der Waals surface area contributed by atoms with E-state index in [4.69, 9.17) is 0 Å². The maximum atomic E-state index is 4.56. The van der Waals surface area contributed by atoms with Gasteiger partial charge in [-0.1, -0.05) is 6.07 Å². The molecule has 0 amide bonds. The molecule has 0 saturated carbocycles. The molecule has 4 aromatic rings. The summed E-state index contributed by atoms with van der Waals surface area (Å²) in [4.78, 5) is 16.5. The van der Waals surface area contributed by atoms with Crippen LogP contribution in [-0.4, -0.2) is 29.5 Å². The van der Waals surface area contributed by atoms with Gasteiger partial charge in [0.15, 0.2) is 5.65 Å². The van der Waals surface area contributed by atoms with Crippen LogP contribution in [0.4, 0.5) is 0 Å². The van der Waals surface area contributed by atoms with Gasteiger partial charge in [0, 0.05) is 17.5 Å². The number of aromatic amines is 1. The zero-order valence-corrected chi connectivity index (χ0v) is 15.0. The van der Waals surface area contributed by atoms with Gasteiger partial charge in [-0.15, -0.1) is 0 Å². The molecule has 7 heteroatoms. The maximum Gasteiger partial charge on any atom is 1.00 e. The number of H-pyrrole nitrogens is 1. The standard InChI is InChI=1S/C16H13N6.Na.H/c1-10-4-3-5-13(19-10)16-15(20-11(2)21-16)12-6-7-22-14(8-12)17-9-18-22;;/h3-9H,2H2,1H3,(H,20,21);;/q-1;+1;-1. The van der Waals surface area contributed by atoms with Crippen LogP contribution < -0.4 is 29.6 Å². The number of hydrogen-bond donors (Lipinski definition) is 1. The van der Waals surface area contributed by atoms with Crippen LogP contribution in [0, 0.1) is 13.8 Å². The third kappa shape index (κ3) is 2.88. The summed E-state index contributed by atoms with van der Waals surface area (Å²) in [6.07, 6.45) is 3.39. The molecule has 0 radical (unpaired) electrons. The number of nitrogens with zero attached hydrogens (tertiary/aromatic N) is 5. The van der Waals surface area contributed by atoms with Crippen LogP contribution in [-0.2, 0) is 0 Å². The van der Waals surface area contributed by atoms with E-state index >= 15 is 0 Å². The molecule has 4 aromatic heterocycles. The number of nitrogens with one attached hydrogen (secondary N) is 1. The first kappa shape index (κ1) is 15.7. The Morgan fingerprint density at radius 2 is 2.09 bits per heavy atom. The first-order valence-corrected chi connectivity index (χ1v) is 6.86. The summed E-state index contributed by atoms with van der Waals surface area (Å²) in [5, 5.41) is 4.10. The van der Waals surface area contributed by atoms with Crippen LogP contribution in [0.3, 0.4) is 0 Å². The Morgan fingerprint density at radius 3 is 2.91 bits per heavy atom. The summed E-state index contributed by atoms with van der Waals surface area (Å²) in [7, 11) is 0. The Bertz CT molecular complexity index is 978. The molecule has 4 rings (SSSR count). The minimum Gasteiger partial charge on any atom is -1.00 e. The minimum atomic E-state index is 0. The molecule has 0 fully saturated rings. The second-order valence-electron chi connectivity index (χ2n) is 5.05. The number of aromatic nitrogens is 6. The van der Waals surface area contributed by atoms with Gasteiger partial charge in [0.1, 0.15) is 6.33 Å². The molecule has 1 N–H and O–H groups in total. The molecule has 0 spiro atoms. The van der Waals surface area contributed by atoms with Gasteiger partial charge in [-0.05, 0) is 37.0 Å². The van der Waals surface area contributed by atoms with Crippen LogP contribution in [0.1, 0.15) is 12.9 Å². The van der Waals surface area contributed by atoms with Crippen molar-refractivity contribution >= 4 is 5.65 Å². The van der Waals surface area contributed by atoms with E-state index in [1.807, 2.05) is 43.5 Å². The fraction of sp³-hybridized carbons (Fsp3) is 0.0625. The Morgan fingerprint density at radius 1 is 1.22 bits per heavy atom. The molecule has 0 aromatic carbocycles. The maximum absolute atomic E-state index is 4.56. The van der Waals surface area contributed by atoms with Crippen LogP contribution in [0.5, 0.6) is 0 Å². The second kappa shape index (κ2) is 6.16. The molecule has 0 unspecified atom stereocenters. The van der Waals surface area contributed by atoms with Gasteiger partial charge < -0.3 is 13.3 Å². The van der Waals surface area contributed by atoms with Crippen molar-refractivity contribution in [1.29, 1.82) is 0 Å². The van der Waals surface area contributed by atoms with Gasteiger partial charge in [-0.2, -0.15) is 5.10 Å². The van der Waals surface area contributed by atoms with Gasteiger partial charge in [-0.25, -0.2) is 9.50 Å². The molecular formula is C16H14N6Na-. The molecule has 23 heavy (non-hydrogen) atoms. The molecule has 0 aliphatic rings.